The summed E-state index contributed by atoms with van der Waals surface area (Å²) in [5.41, 5.74) is 2.13. The molecule has 1 amide bonds. The predicted molar refractivity (Wildman–Crippen MR) is 71.9 cm³/mol. The molecule has 2 heterocycles. The van der Waals surface area contributed by atoms with Gasteiger partial charge in [-0.3, -0.25) is 4.79 Å². The van der Waals surface area contributed by atoms with Gasteiger partial charge in [-0.15, -0.1) is 0 Å². The molecule has 0 saturated carbocycles. The Morgan fingerprint density at radius 1 is 1.37 bits per heavy atom. The highest BCUT2D eigenvalue weighted by Gasteiger charge is 2.31. The van der Waals surface area contributed by atoms with Crippen LogP contribution in [-0.4, -0.2) is 33.3 Å². The summed E-state index contributed by atoms with van der Waals surface area (Å²) >= 11 is 0. The van der Waals surface area contributed by atoms with Crippen LogP contribution in [-0.2, 0) is 4.79 Å². The Bertz CT molecular complexity index is 516. The monoisotopic (exact) mass is 262 g/mol. The fourth-order valence-electron chi connectivity index (χ4n) is 2.73. The molecule has 5 heteroatoms. The van der Waals surface area contributed by atoms with Crippen LogP contribution in [0.1, 0.15) is 24.3 Å². The summed E-state index contributed by atoms with van der Waals surface area (Å²) in [6.07, 6.45) is 1.51. The number of nitrogens with one attached hydrogen (secondary N) is 1. The number of hydrogen-bond acceptors (Lipinski definition) is 4. The van der Waals surface area contributed by atoms with Crippen LogP contribution in [0, 0.1) is 0 Å². The zero-order chi connectivity index (χ0) is 13.4. The summed E-state index contributed by atoms with van der Waals surface area (Å²) in [7, 11) is 3.75. The molecule has 0 aliphatic carbocycles. The summed E-state index contributed by atoms with van der Waals surface area (Å²) in [5, 5.41) is 3.14. The smallest absolute Gasteiger partial charge is 0.231 e. The number of rotatable bonds is 3. The molecule has 0 aromatic heterocycles. The van der Waals surface area contributed by atoms with Gasteiger partial charge in [-0.2, -0.15) is 0 Å². The first-order chi connectivity index (χ1) is 9.20. The normalized spacial score (nSPS) is 20.6. The maximum atomic E-state index is 12.1. The highest BCUT2D eigenvalue weighted by molar-refractivity contribution is 5.97. The van der Waals surface area contributed by atoms with Crippen molar-refractivity contribution >= 4 is 11.6 Å². The highest BCUT2D eigenvalue weighted by atomic mass is 16.7. The second-order valence-corrected chi connectivity index (χ2v) is 5.01. The minimum absolute atomic E-state index is 0.160. The lowest BCUT2D eigenvalue weighted by Crippen LogP contribution is -2.33. The molecule has 0 radical (unpaired) electrons. The van der Waals surface area contributed by atoms with Crippen molar-refractivity contribution in [3.8, 4) is 11.5 Å². The molecule has 1 N–H and O–H groups in total. The van der Waals surface area contributed by atoms with E-state index < -0.39 is 0 Å². The molecule has 1 aromatic carbocycles. The Kier molecular flexibility index (Phi) is 3.06. The summed E-state index contributed by atoms with van der Waals surface area (Å²) < 4.78 is 10.8. The zero-order valence-corrected chi connectivity index (χ0v) is 11.2. The highest BCUT2D eigenvalue weighted by Crippen LogP contribution is 2.45. The molecule has 2 aliphatic heterocycles. The van der Waals surface area contributed by atoms with Gasteiger partial charge in [0.2, 0.25) is 12.7 Å². The predicted octanol–water partition coefficient (Wildman–Crippen LogP) is 1.47. The Morgan fingerprint density at radius 3 is 2.84 bits per heavy atom. The molecule has 0 bridgehead atoms. The topological polar surface area (TPSA) is 50.8 Å². The minimum Gasteiger partial charge on any atom is -0.454 e. The van der Waals surface area contributed by atoms with E-state index in [0.717, 1.165) is 30.2 Å². The summed E-state index contributed by atoms with van der Waals surface area (Å²) in [6.45, 7) is 1.16. The van der Waals surface area contributed by atoms with E-state index in [4.69, 9.17) is 9.47 Å². The SMILES string of the molecule is CNCCC1CC(=O)N(C)c2cc3c(cc21)OCO3. The minimum atomic E-state index is 0.160. The molecule has 1 aromatic rings. The van der Waals surface area contributed by atoms with Gasteiger partial charge in [0.05, 0.1) is 5.69 Å². The summed E-state index contributed by atoms with van der Waals surface area (Å²) in [4.78, 5) is 13.8. The quantitative estimate of drug-likeness (QED) is 0.896. The van der Waals surface area contributed by atoms with Crippen LogP contribution in [0.3, 0.4) is 0 Å². The van der Waals surface area contributed by atoms with Crippen molar-refractivity contribution in [2.24, 2.45) is 0 Å². The third-order valence-corrected chi connectivity index (χ3v) is 3.86. The first-order valence-electron chi connectivity index (χ1n) is 6.55. The van der Waals surface area contributed by atoms with Crippen molar-refractivity contribution in [3.63, 3.8) is 0 Å². The van der Waals surface area contributed by atoms with Crippen LogP contribution in [0.4, 0.5) is 5.69 Å². The molecular formula is C14H18N2O3. The molecule has 2 aliphatic rings. The molecule has 5 nitrogen and oxygen atoms in total. The summed E-state index contributed by atoms with van der Waals surface area (Å²) in [6, 6.07) is 3.95. The van der Waals surface area contributed by atoms with E-state index in [1.54, 1.807) is 4.90 Å². The third kappa shape index (κ3) is 2.04. The largest absolute Gasteiger partial charge is 0.454 e. The van der Waals surface area contributed by atoms with Crippen LogP contribution in [0.15, 0.2) is 12.1 Å². The second-order valence-electron chi connectivity index (χ2n) is 5.01. The molecule has 1 atom stereocenters. The molecule has 3 rings (SSSR count). The van der Waals surface area contributed by atoms with E-state index in [0.29, 0.717) is 6.42 Å². The van der Waals surface area contributed by atoms with E-state index >= 15 is 0 Å². The number of anilines is 1. The Balaban J connectivity index is 2.01. The lowest BCUT2D eigenvalue weighted by Gasteiger charge is -2.31. The molecule has 0 spiro atoms. The van der Waals surface area contributed by atoms with Crippen LogP contribution in [0.5, 0.6) is 11.5 Å². The lowest BCUT2D eigenvalue weighted by molar-refractivity contribution is -0.119. The number of carbonyl (C=O) groups excluding carboxylic acids is 1. The van der Waals surface area contributed by atoms with Crippen LogP contribution >= 0.6 is 0 Å². The fraction of sp³-hybridized carbons (Fsp3) is 0.500. The first-order valence-corrected chi connectivity index (χ1v) is 6.55. The standard InChI is InChI=1S/C14H18N2O3/c1-15-4-3-9-5-14(17)16(2)11-7-13-12(6-10(9)11)18-8-19-13/h6-7,9,15H,3-5,8H2,1-2H3. The molecule has 0 saturated heterocycles. The van der Waals surface area contributed by atoms with E-state index in [9.17, 15) is 4.79 Å². The van der Waals surface area contributed by atoms with Crippen molar-refractivity contribution < 1.29 is 14.3 Å². The molecule has 102 valence electrons. The van der Waals surface area contributed by atoms with Crippen molar-refractivity contribution in [1.82, 2.24) is 5.32 Å². The van der Waals surface area contributed by atoms with Crippen LogP contribution in [0.25, 0.3) is 0 Å². The maximum Gasteiger partial charge on any atom is 0.231 e. The van der Waals surface area contributed by atoms with Gasteiger partial charge >= 0.3 is 0 Å². The number of nitrogens with zero attached hydrogens (tertiary/aromatic N) is 1. The maximum absolute atomic E-state index is 12.1. The van der Waals surface area contributed by atoms with Gasteiger partial charge in [0.15, 0.2) is 11.5 Å². The number of benzene rings is 1. The number of hydrogen-bond donors (Lipinski definition) is 1. The van der Waals surface area contributed by atoms with Gasteiger partial charge in [-0.25, -0.2) is 0 Å². The Morgan fingerprint density at radius 2 is 2.11 bits per heavy atom. The first kappa shape index (κ1) is 12.3. The van der Waals surface area contributed by atoms with Gasteiger partial charge in [-0.05, 0) is 37.6 Å². The number of carbonyl (C=O) groups is 1. The van der Waals surface area contributed by atoms with Gasteiger partial charge in [-0.1, -0.05) is 0 Å². The third-order valence-electron chi connectivity index (χ3n) is 3.86. The second kappa shape index (κ2) is 4.74. The molecule has 19 heavy (non-hydrogen) atoms. The Labute approximate surface area is 112 Å². The van der Waals surface area contributed by atoms with Gasteiger partial charge in [0.25, 0.3) is 0 Å². The van der Waals surface area contributed by atoms with Crippen molar-refractivity contribution in [1.29, 1.82) is 0 Å². The van der Waals surface area contributed by atoms with Gasteiger partial charge < -0.3 is 19.7 Å². The van der Waals surface area contributed by atoms with E-state index in [1.165, 1.54) is 5.56 Å². The fourth-order valence-corrected chi connectivity index (χ4v) is 2.73. The zero-order valence-electron chi connectivity index (χ0n) is 11.2. The van der Waals surface area contributed by atoms with E-state index in [1.807, 2.05) is 26.2 Å². The van der Waals surface area contributed by atoms with Crippen molar-refractivity contribution in [3.05, 3.63) is 17.7 Å². The van der Waals surface area contributed by atoms with Gasteiger partial charge in [0.1, 0.15) is 0 Å². The van der Waals surface area contributed by atoms with Crippen molar-refractivity contribution in [2.45, 2.75) is 18.8 Å². The van der Waals surface area contributed by atoms with E-state index in [-0.39, 0.29) is 18.6 Å². The van der Waals surface area contributed by atoms with Crippen LogP contribution in [0.2, 0.25) is 0 Å². The number of ether oxygens (including phenoxy) is 2. The van der Waals surface area contributed by atoms with Crippen molar-refractivity contribution in [2.75, 3.05) is 32.3 Å². The average molecular weight is 262 g/mol. The molecule has 0 fully saturated rings. The number of fused-ring (bicyclic) bond motifs is 2. The molecule has 1 unspecified atom stereocenters. The van der Waals surface area contributed by atoms with Crippen LogP contribution < -0.4 is 19.7 Å². The summed E-state index contributed by atoms with van der Waals surface area (Å²) in [5.74, 6) is 1.93. The van der Waals surface area contributed by atoms with E-state index in [2.05, 4.69) is 5.32 Å². The van der Waals surface area contributed by atoms with Gasteiger partial charge in [0, 0.05) is 19.5 Å². The Hall–Kier alpha value is -1.75. The lowest BCUT2D eigenvalue weighted by atomic mass is 9.87. The average Bonchev–Trinajstić information content (AvgIpc) is 2.87. The molecular weight excluding hydrogens is 244 g/mol. The number of amides is 1.